The molecule has 9 aromatic rings. The highest BCUT2D eigenvalue weighted by molar-refractivity contribution is 6.05. The van der Waals surface area contributed by atoms with E-state index in [4.69, 9.17) is 4.98 Å². The molecule has 0 bridgehead atoms. The molecule has 264 valence electrons. The van der Waals surface area contributed by atoms with Gasteiger partial charge in [-0.15, -0.1) is 0 Å². The van der Waals surface area contributed by atoms with Crippen LogP contribution in [-0.4, -0.2) is 4.98 Å². The van der Waals surface area contributed by atoms with E-state index in [1.165, 1.54) is 55.3 Å². The van der Waals surface area contributed by atoms with Crippen LogP contribution < -0.4 is 5.32 Å². The first-order valence-corrected chi connectivity index (χ1v) is 19.2. The number of pyridine rings is 1. The lowest BCUT2D eigenvalue weighted by molar-refractivity contribution is 0.974. The van der Waals surface area contributed by atoms with Gasteiger partial charge in [-0.3, -0.25) is 0 Å². The van der Waals surface area contributed by atoms with Crippen LogP contribution in [-0.2, 0) is 0 Å². The lowest BCUT2D eigenvalue weighted by Gasteiger charge is -2.28. The summed E-state index contributed by atoms with van der Waals surface area (Å²) in [5.74, 6) is 0. The number of aromatic nitrogens is 1. The van der Waals surface area contributed by atoms with Crippen molar-refractivity contribution in [3.63, 3.8) is 0 Å². The number of rotatable bonds is 7. The third-order valence-electron chi connectivity index (χ3n) is 10.9. The van der Waals surface area contributed by atoms with Crippen LogP contribution in [0.25, 0.3) is 72.2 Å². The topological polar surface area (TPSA) is 24.9 Å². The van der Waals surface area contributed by atoms with Gasteiger partial charge in [-0.2, -0.15) is 0 Å². The van der Waals surface area contributed by atoms with Crippen LogP contribution in [0.1, 0.15) is 22.7 Å². The minimum atomic E-state index is 0.0981. The maximum atomic E-state index is 5.06. The summed E-state index contributed by atoms with van der Waals surface area (Å²) in [6.07, 6.45) is 2.38. The predicted molar refractivity (Wildman–Crippen MR) is 235 cm³/mol. The first kappa shape index (κ1) is 33.3. The Bertz CT molecular complexity index is 2770. The van der Waals surface area contributed by atoms with E-state index in [1.54, 1.807) is 0 Å². The molecule has 0 saturated heterocycles. The second-order valence-electron chi connectivity index (χ2n) is 14.4. The average Bonchev–Trinajstić information content (AvgIpc) is 3.29. The summed E-state index contributed by atoms with van der Waals surface area (Å²) in [5, 5.41) is 6.30. The smallest absolute Gasteiger partial charge is 0.0715 e. The monoisotopic (exact) mass is 714 g/mol. The van der Waals surface area contributed by atoms with Gasteiger partial charge in [-0.05, 0) is 91.2 Å². The molecule has 0 fully saturated rings. The molecular weight excluding hydrogens is 677 g/mol. The van der Waals surface area contributed by atoms with E-state index in [9.17, 15) is 0 Å². The zero-order valence-corrected chi connectivity index (χ0v) is 30.8. The van der Waals surface area contributed by atoms with Crippen LogP contribution in [0.2, 0.25) is 0 Å². The minimum absolute atomic E-state index is 0.0981. The van der Waals surface area contributed by atoms with Crippen LogP contribution in [0.5, 0.6) is 0 Å². The largest absolute Gasteiger partial charge is 0.374 e. The van der Waals surface area contributed by atoms with Gasteiger partial charge in [-0.1, -0.05) is 188 Å². The van der Waals surface area contributed by atoms with Crippen molar-refractivity contribution in [2.45, 2.75) is 6.04 Å². The van der Waals surface area contributed by atoms with E-state index >= 15 is 0 Å². The van der Waals surface area contributed by atoms with Gasteiger partial charge in [0.1, 0.15) is 0 Å². The Morgan fingerprint density at radius 3 is 1.38 bits per heavy atom. The summed E-state index contributed by atoms with van der Waals surface area (Å²) >= 11 is 0. The van der Waals surface area contributed by atoms with Crippen LogP contribution >= 0.6 is 0 Å². The highest BCUT2D eigenvalue weighted by Crippen LogP contribution is 2.43. The summed E-state index contributed by atoms with van der Waals surface area (Å²) in [4.78, 5) is 5.06. The summed E-state index contributed by atoms with van der Waals surface area (Å²) < 4.78 is 0. The van der Waals surface area contributed by atoms with Crippen LogP contribution in [0.4, 0.5) is 5.69 Å². The Balaban J connectivity index is 0.942. The Hall–Kier alpha value is -7.29. The summed E-state index contributed by atoms with van der Waals surface area (Å²) in [6.45, 7) is 0. The standard InChI is InChI=1S/C54H38N2/c1-5-13-41(14-6-1)49-36-53(44-19-11-4-12-20-44)55-50-32-30-46-33-45(29-31-48(46)54(49)50)39-25-21-37(22-26-39)38-23-27-40(28-24-38)47-34-51(42-15-7-2-8-16-42)56-52(35-47)43-17-9-3-10-18-43/h1-36,53,55H. The summed E-state index contributed by atoms with van der Waals surface area (Å²) in [7, 11) is 0. The van der Waals surface area contributed by atoms with Crippen molar-refractivity contribution in [1.82, 2.24) is 4.98 Å². The third kappa shape index (κ3) is 6.48. The minimum Gasteiger partial charge on any atom is -0.374 e. The van der Waals surface area contributed by atoms with E-state index in [-0.39, 0.29) is 6.04 Å². The quantitative estimate of drug-likeness (QED) is 0.178. The first-order valence-electron chi connectivity index (χ1n) is 19.2. The Labute approximate surface area is 328 Å². The molecule has 0 amide bonds. The second-order valence-corrected chi connectivity index (χ2v) is 14.4. The molecule has 1 unspecified atom stereocenters. The number of fused-ring (bicyclic) bond motifs is 3. The van der Waals surface area contributed by atoms with Crippen LogP contribution in [0.3, 0.4) is 0 Å². The van der Waals surface area contributed by atoms with E-state index in [2.05, 4.69) is 212 Å². The molecule has 0 radical (unpaired) electrons. The van der Waals surface area contributed by atoms with Gasteiger partial charge in [0.2, 0.25) is 0 Å². The van der Waals surface area contributed by atoms with Gasteiger partial charge in [0, 0.05) is 22.4 Å². The molecule has 0 saturated carbocycles. The van der Waals surface area contributed by atoms with Gasteiger partial charge in [0.15, 0.2) is 0 Å². The summed E-state index contributed by atoms with van der Waals surface area (Å²) in [6, 6.07) is 76.0. The number of hydrogen-bond donors (Lipinski definition) is 1. The van der Waals surface area contributed by atoms with E-state index in [0.29, 0.717) is 0 Å². The van der Waals surface area contributed by atoms with E-state index in [1.807, 2.05) is 12.1 Å². The van der Waals surface area contributed by atoms with Gasteiger partial charge < -0.3 is 5.32 Å². The molecule has 56 heavy (non-hydrogen) atoms. The molecule has 1 aliphatic heterocycles. The number of hydrogen-bond acceptors (Lipinski definition) is 2. The maximum absolute atomic E-state index is 5.06. The SMILES string of the molecule is C1=C(c2ccccc2)c2c(ccc3cc(-c4ccc(-c5ccc(-c6cc(-c7ccccc7)nc(-c7ccccc7)c6)cc5)cc4)ccc23)NC1c1ccccc1. The molecule has 0 aliphatic carbocycles. The van der Waals surface area contributed by atoms with Crippen molar-refractivity contribution in [3.8, 4) is 55.9 Å². The van der Waals surface area contributed by atoms with Gasteiger partial charge >= 0.3 is 0 Å². The Morgan fingerprint density at radius 2 is 0.821 bits per heavy atom. The van der Waals surface area contributed by atoms with Crippen molar-refractivity contribution in [2.24, 2.45) is 0 Å². The summed E-state index contributed by atoms with van der Waals surface area (Å²) in [5.41, 5.74) is 17.4. The lowest BCUT2D eigenvalue weighted by Crippen LogP contribution is -2.15. The number of nitrogens with zero attached hydrogens (tertiary/aromatic N) is 1. The molecule has 1 N–H and O–H groups in total. The molecule has 1 aliphatic rings. The number of benzene rings is 8. The second kappa shape index (κ2) is 14.5. The molecule has 10 rings (SSSR count). The number of anilines is 1. The fourth-order valence-corrected chi connectivity index (χ4v) is 8.00. The predicted octanol–water partition coefficient (Wildman–Crippen LogP) is 14.2. The highest BCUT2D eigenvalue weighted by Gasteiger charge is 2.23. The molecule has 8 aromatic carbocycles. The molecule has 2 heteroatoms. The van der Waals surface area contributed by atoms with Crippen molar-refractivity contribution < 1.29 is 0 Å². The molecule has 0 spiro atoms. The molecule has 2 heterocycles. The van der Waals surface area contributed by atoms with Crippen molar-refractivity contribution in [1.29, 1.82) is 0 Å². The van der Waals surface area contributed by atoms with E-state index in [0.717, 1.165) is 39.3 Å². The molecule has 1 aromatic heterocycles. The average molecular weight is 715 g/mol. The molecular formula is C54H38N2. The Morgan fingerprint density at radius 1 is 0.357 bits per heavy atom. The van der Waals surface area contributed by atoms with E-state index < -0.39 is 0 Å². The highest BCUT2D eigenvalue weighted by atomic mass is 14.9. The van der Waals surface area contributed by atoms with Crippen LogP contribution in [0, 0.1) is 0 Å². The third-order valence-corrected chi connectivity index (χ3v) is 10.9. The Kier molecular flexibility index (Phi) is 8.62. The van der Waals surface area contributed by atoms with Gasteiger partial charge in [0.25, 0.3) is 0 Å². The zero-order chi connectivity index (χ0) is 37.3. The van der Waals surface area contributed by atoms with Crippen molar-refractivity contribution in [2.75, 3.05) is 5.32 Å². The van der Waals surface area contributed by atoms with Crippen molar-refractivity contribution in [3.05, 3.63) is 235 Å². The molecule has 2 nitrogen and oxygen atoms in total. The maximum Gasteiger partial charge on any atom is 0.0715 e. The van der Waals surface area contributed by atoms with Gasteiger partial charge in [0.05, 0.1) is 17.4 Å². The van der Waals surface area contributed by atoms with Crippen LogP contribution in [0.15, 0.2) is 218 Å². The normalized spacial score (nSPS) is 13.4. The fraction of sp³-hybridized carbons (Fsp3) is 0.0185. The first-order chi connectivity index (χ1) is 27.7. The molecule has 1 atom stereocenters. The van der Waals surface area contributed by atoms with Gasteiger partial charge in [-0.25, -0.2) is 4.98 Å². The zero-order valence-electron chi connectivity index (χ0n) is 30.8. The number of nitrogens with one attached hydrogen (secondary N) is 1. The lowest BCUT2D eigenvalue weighted by atomic mass is 9.85. The van der Waals surface area contributed by atoms with Crippen molar-refractivity contribution >= 4 is 22.0 Å². The fourth-order valence-electron chi connectivity index (χ4n) is 8.00.